The minimum Gasteiger partial charge on any atom is -0.591 e. The molecule has 0 spiro atoms. The van der Waals surface area contributed by atoms with Gasteiger partial charge in [0.1, 0.15) is 21.7 Å². The Morgan fingerprint density at radius 1 is 1.35 bits per heavy atom. The lowest BCUT2D eigenvalue weighted by Gasteiger charge is -2.27. The number of carbonyl (C=O) groups excluding carboxylic acids is 1. The monoisotopic (exact) mass is 302 g/mol. The van der Waals surface area contributed by atoms with E-state index in [0.29, 0.717) is 6.54 Å². The predicted molar refractivity (Wildman–Crippen MR) is 82.3 cm³/mol. The molecule has 5 nitrogen and oxygen atoms in total. The highest BCUT2D eigenvalue weighted by Gasteiger charge is 2.33. The van der Waals surface area contributed by atoms with Crippen molar-refractivity contribution in [2.45, 2.75) is 70.8 Å². The summed E-state index contributed by atoms with van der Waals surface area (Å²) in [5.41, 5.74) is -0.504. The van der Waals surface area contributed by atoms with Crippen LogP contribution in [0.1, 0.15) is 54.4 Å². The summed E-state index contributed by atoms with van der Waals surface area (Å²) in [5, 5.41) is 0. The molecule has 0 saturated carbocycles. The molecule has 0 aliphatic carbocycles. The zero-order valence-corrected chi connectivity index (χ0v) is 14.1. The van der Waals surface area contributed by atoms with Gasteiger partial charge in [-0.2, -0.15) is 0 Å². The van der Waals surface area contributed by atoms with Crippen LogP contribution in [-0.2, 0) is 16.1 Å². The molecular formula is C14H26N2O3S. The summed E-state index contributed by atoms with van der Waals surface area (Å²) >= 11 is -1.29. The summed E-state index contributed by atoms with van der Waals surface area (Å²) in [6.07, 6.45) is 3.06. The highest BCUT2D eigenvalue weighted by Crippen LogP contribution is 2.21. The van der Waals surface area contributed by atoms with Crippen LogP contribution in [-0.4, -0.2) is 44.7 Å². The van der Waals surface area contributed by atoms with Gasteiger partial charge in [0.05, 0.1) is 12.3 Å². The number of rotatable bonds is 2. The van der Waals surface area contributed by atoms with E-state index in [9.17, 15) is 9.35 Å². The first-order chi connectivity index (χ1) is 9.00. The average Bonchev–Trinajstić information content (AvgIpc) is 2.70. The van der Waals surface area contributed by atoms with Gasteiger partial charge in [-0.3, -0.25) is 0 Å². The van der Waals surface area contributed by atoms with Crippen molar-refractivity contribution in [3.8, 4) is 0 Å². The molecule has 20 heavy (non-hydrogen) atoms. The Bertz CT molecular complexity index is 372. The van der Waals surface area contributed by atoms with Gasteiger partial charge in [-0.1, -0.05) is 4.40 Å². The molecule has 1 saturated heterocycles. The van der Waals surface area contributed by atoms with E-state index < -0.39 is 17.0 Å². The van der Waals surface area contributed by atoms with Crippen molar-refractivity contribution >= 4 is 23.7 Å². The number of likely N-dealkylation sites (tertiary alicyclic amines) is 1. The van der Waals surface area contributed by atoms with E-state index in [0.717, 1.165) is 12.8 Å². The molecule has 1 aliphatic rings. The number of hydrogen-bond donors (Lipinski definition) is 0. The van der Waals surface area contributed by atoms with Crippen LogP contribution in [0.15, 0.2) is 4.40 Å². The number of nitrogens with zero attached hydrogens (tertiary/aromatic N) is 2. The topological polar surface area (TPSA) is 65.0 Å². The molecule has 6 heteroatoms. The first-order valence-corrected chi connectivity index (χ1v) is 8.07. The zero-order valence-electron chi connectivity index (χ0n) is 13.3. The fourth-order valence-corrected chi connectivity index (χ4v) is 2.35. The normalized spacial score (nSPS) is 22.4. The van der Waals surface area contributed by atoms with Crippen LogP contribution in [0.5, 0.6) is 0 Å². The number of carbonyl (C=O) groups is 1. The second-order valence-corrected chi connectivity index (χ2v) is 8.93. The molecule has 0 N–H and O–H groups in total. The maximum Gasteiger partial charge on any atom is 0.410 e. The molecule has 1 fully saturated rings. The highest BCUT2D eigenvalue weighted by molar-refractivity contribution is 7.91. The summed E-state index contributed by atoms with van der Waals surface area (Å²) in [7, 11) is 0. The van der Waals surface area contributed by atoms with Crippen LogP contribution in [0.3, 0.4) is 0 Å². The second-order valence-electron chi connectivity index (χ2n) is 7.00. The largest absolute Gasteiger partial charge is 0.591 e. The van der Waals surface area contributed by atoms with Gasteiger partial charge in [-0.25, -0.2) is 4.79 Å². The summed E-state index contributed by atoms with van der Waals surface area (Å²) in [5.74, 6) is 0. The van der Waals surface area contributed by atoms with Gasteiger partial charge in [0, 0.05) is 6.54 Å². The number of amides is 1. The van der Waals surface area contributed by atoms with E-state index >= 15 is 0 Å². The van der Waals surface area contributed by atoms with Crippen molar-refractivity contribution in [3.63, 3.8) is 0 Å². The van der Waals surface area contributed by atoms with Gasteiger partial charge < -0.3 is 14.2 Å². The van der Waals surface area contributed by atoms with Crippen molar-refractivity contribution in [1.82, 2.24) is 4.90 Å². The SMILES string of the molecule is CC(C)(C)OC(=O)N1CCCC1C=N[S@@+]([O-])C(C)(C)C. The molecule has 0 bridgehead atoms. The lowest BCUT2D eigenvalue weighted by molar-refractivity contribution is 0.0268. The quantitative estimate of drug-likeness (QED) is 0.582. The molecule has 1 unspecified atom stereocenters. The summed E-state index contributed by atoms with van der Waals surface area (Å²) < 4.78 is 21.0. The Balaban J connectivity index is 2.66. The molecule has 1 aliphatic heterocycles. The Morgan fingerprint density at radius 3 is 2.45 bits per heavy atom. The van der Waals surface area contributed by atoms with Gasteiger partial charge in [0.2, 0.25) is 0 Å². The van der Waals surface area contributed by atoms with Crippen molar-refractivity contribution in [3.05, 3.63) is 0 Å². The lowest BCUT2D eigenvalue weighted by Crippen LogP contribution is -2.40. The fourth-order valence-electron chi connectivity index (χ4n) is 1.78. The summed E-state index contributed by atoms with van der Waals surface area (Å²) in [4.78, 5) is 13.7. The molecule has 0 aromatic carbocycles. The van der Waals surface area contributed by atoms with Gasteiger partial charge in [0.15, 0.2) is 0 Å². The molecule has 0 aromatic heterocycles. The standard InChI is InChI=1S/C14H26N2O3S/c1-13(2,3)19-12(17)16-9-7-8-11(16)10-15-20(18)14(4,5)6/h10-11H,7-9H2,1-6H3/t11?,20-/m0/s1. The Labute approximate surface area is 125 Å². The number of ether oxygens (including phenoxy) is 1. The minimum absolute atomic E-state index is 0.115. The Hall–Kier alpha value is -0.750. The maximum absolute atomic E-state index is 12.1. The highest BCUT2D eigenvalue weighted by atomic mass is 32.2. The zero-order chi connectivity index (χ0) is 15.6. The average molecular weight is 302 g/mol. The minimum atomic E-state index is -1.29. The van der Waals surface area contributed by atoms with Crippen LogP contribution in [0.4, 0.5) is 4.79 Å². The van der Waals surface area contributed by atoms with Gasteiger partial charge in [-0.05, 0) is 54.4 Å². The van der Waals surface area contributed by atoms with Gasteiger partial charge in [-0.15, -0.1) is 0 Å². The molecule has 0 radical (unpaired) electrons. The molecule has 2 atom stereocenters. The van der Waals surface area contributed by atoms with E-state index in [4.69, 9.17) is 4.74 Å². The van der Waals surface area contributed by atoms with Crippen LogP contribution < -0.4 is 0 Å². The smallest absolute Gasteiger partial charge is 0.410 e. The maximum atomic E-state index is 12.1. The van der Waals surface area contributed by atoms with E-state index in [1.54, 1.807) is 11.1 Å². The van der Waals surface area contributed by atoms with Crippen LogP contribution >= 0.6 is 0 Å². The third-order valence-corrected chi connectivity index (χ3v) is 4.14. The summed E-state index contributed by atoms with van der Waals surface area (Å²) in [6, 6.07) is -0.115. The van der Waals surface area contributed by atoms with Crippen LogP contribution in [0.2, 0.25) is 0 Å². The molecule has 0 aromatic rings. The fraction of sp³-hybridized carbons (Fsp3) is 0.857. The van der Waals surface area contributed by atoms with Crippen molar-refractivity contribution < 1.29 is 14.1 Å². The molecule has 1 amide bonds. The molecule has 1 heterocycles. The van der Waals surface area contributed by atoms with Gasteiger partial charge >= 0.3 is 6.09 Å². The second kappa shape index (κ2) is 6.35. The molecule has 1 rings (SSSR count). The Kier molecular flexibility index (Phi) is 5.49. The van der Waals surface area contributed by atoms with Crippen LogP contribution in [0, 0.1) is 0 Å². The Morgan fingerprint density at radius 2 is 1.95 bits per heavy atom. The first-order valence-electron chi connectivity index (χ1n) is 6.96. The molecule has 116 valence electrons. The predicted octanol–water partition coefficient (Wildman–Crippen LogP) is 2.92. The lowest BCUT2D eigenvalue weighted by atomic mass is 10.2. The third-order valence-electron chi connectivity index (χ3n) is 2.78. The third kappa shape index (κ3) is 5.32. The van der Waals surface area contributed by atoms with E-state index in [1.807, 2.05) is 41.5 Å². The van der Waals surface area contributed by atoms with Crippen molar-refractivity contribution in [2.24, 2.45) is 4.40 Å². The van der Waals surface area contributed by atoms with E-state index in [1.165, 1.54) is 0 Å². The van der Waals surface area contributed by atoms with Crippen molar-refractivity contribution in [2.75, 3.05) is 6.54 Å². The van der Waals surface area contributed by atoms with Crippen LogP contribution in [0.25, 0.3) is 0 Å². The van der Waals surface area contributed by atoms with E-state index in [2.05, 4.69) is 4.40 Å². The first kappa shape index (κ1) is 17.3. The van der Waals surface area contributed by atoms with Gasteiger partial charge in [0.25, 0.3) is 0 Å². The van der Waals surface area contributed by atoms with E-state index in [-0.39, 0.29) is 16.9 Å². The molecular weight excluding hydrogens is 276 g/mol. The van der Waals surface area contributed by atoms with Crippen molar-refractivity contribution in [1.29, 1.82) is 0 Å². The summed E-state index contributed by atoms with van der Waals surface area (Å²) in [6.45, 7) is 11.8. The number of hydrogen-bond acceptors (Lipinski definition) is 4.